The van der Waals surface area contributed by atoms with Crippen LogP contribution in [0.4, 0.5) is 5.69 Å². The van der Waals surface area contributed by atoms with Gasteiger partial charge in [0.2, 0.25) is 15.9 Å². The van der Waals surface area contributed by atoms with E-state index >= 15 is 0 Å². The fraction of sp³-hybridized carbons (Fsp3) is 0.316. The van der Waals surface area contributed by atoms with Crippen molar-refractivity contribution in [2.45, 2.75) is 6.92 Å². The maximum absolute atomic E-state index is 12.3. The molecule has 0 aromatic heterocycles. The number of hydrogen-bond donors (Lipinski definition) is 1. The number of methoxy groups -OCH3 is 1. The number of nitrogens with one attached hydrogen (secondary N) is 1. The maximum Gasteiger partial charge on any atom is 0.240 e. The van der Waals surface area contributed by atoms with E-state index in [9.17, 15) is 13.2 Å². The first-order chi connectivity index (χ1) is 13.2. The monoisotopic (exact) mass is 426 g/mol. The summed E-state index contributed by atoms with van der Waals surface area (Å²) in [5, 5.41) is 3.08. The van der Waals surface area contributed by atoms with Crippen LogP contribution in [0.3, 0.4) is 0 Å². The second kappa shape index (κ2) is 9.66. The average molecular weight is 427 g/mol. The molecule has 0 heterocycles. The Morgan fingerprint density at radius 3 is 2.54 bits per heavy atom. The van der Waals surface area contributed by atoms with Crippen LogP contribution in [0.1, 0.15) is 5.56 Å². The number of sulfonamides is 1. The van der Waals surface area contributed by atoms with E-state index in [1.165, 1.54) is 0 Å². The van der Waals surface area contributed by atoms with Gasteiger partial charge >= 0.3 is 0 Å². The molecule has 2 aromatic carbocycles. The van der Waals surface area contributed by atoms with Crippen LogP contribution in [-0.2, 0) is 14.8 Å². The van der Waals surface area contributed by atoms with E-state index in [1.807, 2.05) is 0 Å². The average Bonchev–Trinajstić information content (AvgIpc) is 2.65. The highest BCUT2D eigenvalue weighted by molar-refractivity contribution is 7.92. The van der Waals surface area contributed by atoms with Crippen molar-refractivity contribution in [1.82, 2.24) is 5.32 Å². The number of nitrogens with zero attached hydrogens (tertiary/aromatic N) is 1. The molecule has 0 unspecified atom stereocenters. The minimum atomic E-state index is -3.66. The molecular formula is C19H23ClN2O5S. The summed E-state index contributed by atoms with van der Waals surface area (Å²) in [7, 11) is -2.10. The van der Waals surface area contributed by atoms with Crippen molar-refractivity contribution in [1.29, 1.82) is 0 Å². The highest BCUT2D eigenvalue weighted by Crippen LogP contribution is 2.28. The summed E-state index contributed by atoms with van der Waals surface area (Å²) in [5.74, 6) is 0.835. The van der Waals surface area contributed by atoms with Crippen molar-refractivity contribution in [2.24, 2.45) is 0 Å². The zero-order chi connectivity index (χ0) is 20.7. The molecule has 0 radical (unpaired) electrons. The molecule has 0 aliphatic rings. The largest absolute Gasteiger partial charge is 0.497 e. The third-order valence-corrected chi connectivity index (χ3v) is 5.47. The summed E-state index contributed by atoms with van der Waals surface area (Å²) in [6, 6.07) is 12.0. The van der Waals surface area contributed by atoms with Crippen molar-refractivity contribution in [3.63, 3.8) is 0 Å². The first-order valence-corrected chi connectivity index (χ1v) is 10.7. The predicted molar refractivity (Wildman–Crippen MR) is 110 cm³/mol. The van der Waals surface area contributed by atoms with E-state index in [0.29, 0.717) is 27.8 Å². The summed E-state index contributed by atoms with van der Waals surface area (Å²) >= 11 is 6.08. The number of halogens is 1. The number of rotatable bonds is 9. The molecule has 0 saturated heterocycles. The van der Waals surface area contributed by atoms with Crippen LogP contribution in [0.5, 0.6) is 11.5 Å². The van der Waals surface area contributed by atoms with E-state index in [2.05, 4.69) is 5.32 Å². The van der Waals surface area contributed by atoms with Gasteiger partial charge in [0.05, 0.1) is 25.6 Å². The molecule has 0 aliphatic heterocycles. The Labute approximate surface area is 170 Å². The Kier molecular flexibility index (Phi) is 7.53. The molecule has 0 bridgehead atoms. The molecule has 9 heteroatoms. The van der Waals surface area contributed by atoms with Gasteiger partial charge in [-0.05, 0) is 36.8 Å². The van der Waals surface area contributed by atoms with Crippen LogP contribution in [-0.4, -0.2) is 47.4 Å². The molecular weight excluding hydrogens is 404 g/mol. The van der Waals surface area contributed by atoms with Crippen LogP contribution < -0.4 is 19.1 Å². The Morgan fingerprint density at radius 1 is 1.18 bits per heavy atom. The molecule has 0 saturated carbocycles. The van der Waals surface area contributed by atoms with Crippen molar-refractivity contribution in [3.8, 4) is 11.5 Å². The molecule has 7 nitrogen and oxygen atoms in total. The number of benzene rings is 2. The van der Waals surface area contributed by atoms with Gasteiger partial charge in [0, 0.05) is 11.1 Å². The molecule has 0 aliphatic carbocycles. The maximum atomic E-state index is 12.3. The van der Waals surface area contributed by atoms with Crippen LogP contribution in [0.2, 0.25) is 5.02 Å². The van der Waals surface area contributed by atoms with E-state index in [1.54, 1.807) is 56.5 Å². The Morgan fingerprint density at radius 2 is 1.86 bits per heavy atom. The number of amides is 1. The Bertz CT molecular complexity index is 934. The fourth-order valence-corrected chi connectivity index (χ4v) is 3.56. The lowest BCUT2D eigenvalue weighted by Crippen LogP contribution is -2.41. The lowest BCUT2D eigenvalue weighted by atomic mass is 10.2. The minimum absolute atomic E-state index is 0.224. The van der Waals surface area contributed by atoms with Gasteiger partial charge in [0.15, 0.2) is 0 Å². The van der Waals surface area contributed by atoms with Crippen LogP contribution in [0.15, 0.2) is 42.5 Å². The van der Waals surface area contributed by atoms with E-state index in [4.69, 9.17) is 21.1 Å². The molecule has 2 aromatic rings. The summed E-state index contributed by atoms with van der Waals surface area (Å²) in [5.41, 5.74) is 0.960. The van der Waals surface area contributed by atoms with Gasteiger partial charge < -0.3 is 14.8 Å². The SMILES string of the molecule is COc1cccc(OCCNC(=O)CN(c2cccc(Cl)c2C)S(C)(=O)=O)c1. The number of ether oxygens (including phenoxy) is 2. The van der Waals surface area contributed by atoms with Gasteiger partial charge in [0.25, 0.3) is 0 Å². The van der Waals surface area contributed by atoms with Gasteiger partial charge in [-0.25, -0.2) is 8.42 Å². The number of anilines is 1. The van der Waals surface area contributed by atoms with Gasteiger partial charge in [0.1, 0.15) is 24.7 Å². The van der Waals surface area contributed by atoms with Gasteiger partial charge in [-0.2, -0.15) is 0 Å². The predicted octanol–water partition coefficient (Wildman–Crippen LogP) is 2.62. The summed E-state index contributed by atoms with van der Waals surface area (Å²) in [6.07, 6.45) is 1.05. The number of carbonyl (C=O) groups excluding carboxylic acids is 1. The van der Waals surface area contributed by atoms with Crippen molar-refractivity contribution >= 4 is 33.2 Å². The van der Waals surface area contributed by atoms with Crippen LogP contribution in [0.25, 0.3) is 0 Å². The van der Waals surface area contributed by atoms with Crippen molar-refractivity contribution < 1.29 is 22.7 Å². The third-order valence-electron chi connectivity index (χ3n) is 3.93. The molecule has 2 rings (SSSR count). The molecule has 1 N–H and O–H groups in total. The summed E-state index contributed by atoms with van der Waals surface area (Å²) in [6.45, 7) is 1.81. The minimum Gasteiger partial charge on any atom is -0.497 e. The van der Waals surface area contributed by atoms with E-state index < -0.39 is 15.9 Å². The van der Waals surface area contributed by atoms with E-state index in [0.717, 1.165) is 10.6 Å². The quantitative estimate of drug-likeness (QED) is 0.623. The zero-order valence-electron chi connectivity index (χ0n) is 15.9. The van der Waals surface area contributed by atoms with Crippen LogP contribution in [0, 0.1) is 6.92 Å². The molecule has 0 fully saturated rings. The second-order valence-corrected chi connectivity index (χ2v) is 8.35. The topological polar surface area (TPSA) is 84.9 Å². The third kappa shape index (κ3) is 6.03. The first-order valence-electron chi connectivity index (χ1n) is 8.48. The highest BCUT2D eigenvalue weighted by atomic mass is 35.5. The van der Waals surface area contributed by atoms with Gasteiger partial charge in [-0.3, -0.25) is 9.10 Å². The van der Waals surface area contributed by atoms with Gasteiger partial charge in [-0.15, -0.1) is 0 Å². The number of carbonyl (C=O) groups is 1. The van der Waals surface area contributed by atoms with Gasteiger partial charge in [-0.1, -0.05) is 23.7 Å². The smallest absolute Gasteiger partial charge is 0.240 e. The molecule has 0 atom stereocenters. The molecule has 0 spiro atoms. The Balaban J connectivity index is 1.94. The lowest BCUT2D eigenvalue weighted by molar-refractivity contribution is -0.119. The zero-order valence-corrected chi connectivity index (χ0v) is 17.5. The van der Waals surface area contributed by atoms with E-state index in [-0.39, 0.29) is 19.7 Å². The second-order valence-electron chi connectivity index (χ2n) is 6.03. The van der Waals surface area contributed by atoms with Crippen LogP contribution >= 0.6 is 11.6 Å². The molecule has 28 heavy (non-hydrogen) atoms. The Hall–Kier alpha value is -2.45. The highest BCUT2D eigenvalue weighted by Gasteiger charge is 2.22. The summed E-state index contributed by atoms with van der Waals surface area (Å²) in [4.78, 5) is 12.3. The standard InChI is InChI=1S/C19H23ClN2O5S/c1-14-17(20)8-5-9-18(14)22(28(3,24)25)13-19(23)21-10-11-27-16-7-4-6-15(12-16)26-2/h4-9,12H,10-11,13H2,1-3H3,(H,21,23). The summed E-state index contributed by atoms with van der Waals surface area (Å²) < 4.78 is 36.0. The number of hydrogen-bond acceptors (Lipinski definition) is 5. The van der Waals surface area contributed by atoms with Crippen molar-refractivity contribution in [3.05, 3.63) is 53.1 Å². The first kappa shape index (κ1) is 21.8. The molecule has 152 valence electrons. The molecule has 1 amide bonds. The van der Waals surface area contributed by atoms with Crippen molar-refractivity contribution in [2.75, 3.05) is 37.4 Å². The normalized spacial score (nSPS) is 11.0. The lowest BCUT2D eigenvalue weighted by Gasteiger charge is -2.24. The fourth-order valence-electron chi connectivity index (χ4n) is 2.48.